The van der Waals surface area contributed by atoms with Gasteiger partial charge in [-0.05, 0) is 43.2 Å². The lowest BCUT2D eigenvalue weighted by molar-refractivity contribution is 0.0950. The normalized spacial score (nSPS) is 14.1. The van der Waals surface area contributed by atoms with E-state index in [0.29, 0.717) is 18.0 Å². The Morgan fingerprint density at radius 2 is 2.00 bits per heavy atom. The average molecular weight is 332 g/mol. The molecule has 0 aliphatic heterocycles. The largest absolute Gasteiger partial charge is 0.346 e. The van der Waals surface area contributed by atoms with E-state index in [9.17, 15) is 4.79 Å². The second kappa shape index (κ2) is 5.71. The van der Waals surface area contributed by atoms with E-state index in [1.54, 1.807) is 18.5 Å². The lowest BCUT2D eigenvalue weighted by atomic mass is 10.2. The van der Waals surface area contributed by atoms with Crippen molar-refractivity contribution in [2.75, 3.05) is 0 Å². The summed E-state index contributed by atoms with van der Waals surface area (Å²) in [5.74, 6) is 0.503. The van der Waals surface area contributed by atoms with Gasteiger partial charge in [-0.15, -0.1) is 0 Å². The molecule has 1 aliphatic rings. The van der Waals surface area contributed by atoms with Crippen molar-refractivity contribution in [1.82, 2.24) is 15.3 Å². The van der Waals surface area contributed by atoms with Gasteiger partial charge in [-0.3, -0.25) is 4.79 Å². The molecule has 0 bridgehead atoms. The minimum atomic E-state index is -0.0934. The molecule has 0 spiro atoms. The van der Waals surface area contributed by atoms with E-state index in [1.165, 1.54) is 12.8 Å². The molecule has 0 saturated heterocycles. The molecule has 20 heavy (non-hydrogen) atoms. The molecule has 1 amide bonds. The molecule has 1 heterocycles. The number of aromatic nitrogens is 2. The standard InChI is InChI=1S/C15H14BrN3O/c16-12-5-3-11(4-6-12)15(20)17-8-13-7-14(10-1-2-10)19-9-18-13/h3-7,9-10H,1-2,8H2,(H,17,20). The van der Waals surface area contributed by atoms with Crippen molar-refractivity contribution >= 4 is 21.8 Å². The fourth-order valence-corrected chi connectivity index (χ4v) is 2.25. The van der Waals surface area contributed by atoms with E-state index < -0.39 is 0 Å². The molecule has 2 aromatic rings. The molecule has 1 N–H and O–H groups in total. The van der Waals surface area contributed by atoms with Crippen molar-refractivity contribution in [3.05, 3.63) is 58.1 Å². The summed E-state index contributed by atoms with van der Waals surface area (Å²) in [6, 6.07) is 9.26. The Bertz CT molecular complexity index is 623. The van der Waals surface area contributed by atoms with Crippen LogP contribution < -0.4 is 5.32 Å². The predicted octanol–water partition coefficient (Wildman–Crippen LogP) is 3.05. The molecule has 1 aliphatic carbocycles. The number of carbonyl (C=O) groups excluding carboxylic acids is 1. The zero-order chi connectivity index (χ0) is 13.9. The summed E-state index contributed by atoms with van der Waals surface area (Å²) in [5.41, 5.74) is 2.59. The third kappa shape index (κ3) is 3.22. The monoisotopic (exact) mass is 331 g/mol. The second-order valence-corrected chi connectivity index (χ2v) is 5.81. The van der Waals surface area contributed by atoms with Crippen molar-refractivity contribution < 1.29 is 4.79 Å². The smallest absolute Gasteiger partial charge is 0.251 e. The van der Waals surface area contributed by atoms with Crippen LogP contribution in [0.4, 0.5) is 0 Å². The van der Waals surface area contributed by atoms with Crippen LogP contribution in [-0.4, -0.2) is 15.9 Å². The van der Waals surface area contributed by atoms with Crippen LogP contribution >= 0.6 is 15.9 Å². The molecule has 1 aromatic carbocycles. The van der Waals surface area contributed by atoms with Gasteiger partial charge in [-0.1, -0.05) is 15.9 Å². The number of carbonyl (C=O) groups is 1. The van der Waals surface area contributed by atoms with E-state index in [-0.39, 0.29) is 5.91 Å². The predicted molar refractivity (Wildman–Crippen MR) is 79.3 cm³/mol. The SMILES string of the molecule is O=C(NCc1cc(C2CC2)ncn1)c1ccc(Br)cc1. The Labute approximate surface area is 125 Å². The van der Waals surface area contributed by atoms with Crippen LogP contribution in [0.25, 0.3) is 0 Å². The first kappa shape index (κ1) is 13.2. The number of amides is 1. The van der Waals surface area contributed by atoms with Gasteiger partial charge in [-0.25, -0.2) is 9.97 Å². The van der Waals surface area contributed by atoms with Crippen molar-refractivity contribution in [1.29, 1.82) is 0 Å². The van der Waals surface area contributed by atoms with Gasteiger partial charge < -0.3 is 5.32 Å². The molecule has 1 aromatic heterocycles. The Kier molecular flexibility index (Phi) is 3.78. The summed E-state index contributed by atoms with van der Waals surface area (Å²) < 4.78 is 0.957. The Balaban J connectivity index is 1.62. The number of halogens is 1. The Hall–Kier alpha value is -1.75. The summed E-state index contributed by atoms with van der Waals surface area (Å²) in [6.45, 7) is 0.428. The van der Waals surface area contributed by atoms with Crippen LogP contribution in [0.1, 0.15) is 40.5 Å². The van der Waals surface area contributed by atoms with Gasteiger partial charge in [-0.2, -0.15) is 0 Å². The third-order valence-electron chi connectivity index (χ3n) is 3.28. The molecule has 4 nitrogen and oxygen atoms in total. The van der Waals surface area contributed by atoms with Crippen molar-refractivity contribution in [3.8, 4) is 0 Å². The number of nitrogens with zero attached hydrogens (tertiary/aromatic N) is 2. The lowest BCUT2D eigenvalue weighted by Crippen LogP contribution is -2.23. The van der Waals surface area contributed by atoms with Crippen LogP contribution in [0.2, 0.25) is 0 Å². The molecule has 1 saturated carbocycles. The van der Waals surface area contributed by atoms with E-state index >= 15 is 0 Å². The van der Waals surface area contributed by atoms with Crippen molar-refractivity contribution in [3.63, 3.8) is 0 Å². The van der Waals surface area contributed by atoms with Crippen LogP contribution in [-0.2, 0) is 6.54 Å². The van der Waals surface area contributed by atoms with Gasteiger partial charge >= 0.3 is 0 Å². The maximum absolute atomic E-state index is 12.0. The summed E-state index contributed by atoms with van der Waals surface area (Å²) in [7, 11) is 0. The third-order valence-corrected chi connectivity index (χ3v) is 3.81. The minimum absolute atomic E-state index is 0.0934. The summed E-state index contributed by atoms with van der Waals surface area (Å²) in [5, 5.41) is 2.88. The number of hydrogen-bond acceptors (Lipinski definition) is 3. The molecular weight excluding hydrogens is 318 g/mol. The van der Waals surface area contributed by atoms with E-state index in [2.05, 4.69) is 31.2 Å². The maximum atomic E-state index is 12.0. The van der Waals surface area contributed by atoms with Gasteiger partial charge in [0.2, 0.25) is 0 Å². The molecule has 0 atom stereocenters. The highest BCUT2D eigenvalue weighted by molar-refractivity contribution is 9.10. The topological polar surface area (TPSA) is 54.9 Å². The van der Waals surface area contributed by atoms with Gasteiger partial charge in [0, 0.05) is 21.6 Å². The van der Waals surface area contributed by atoms with Crippen LogP contribution in [0, 0.1) is 0 Å². The van der Waals surface area contributed by atoms with Gasteiger partial charge in [0.1, 0.15) is 6.33 Å². The van der Waals surface area contributed by atoms with Crippen LogP contribution in [0.3, 0.4) is 0 Å². The van der Waals surface area contributed by atoms with Crippen molar-refractivity contribution in [2.45, 2.75) is 25.3 Å². The average Bonchev–Trinajstić information content (AvgIpc) is 3.30. The first-order valence-corrected chi connectivity index (χ1v) is 7.36. The number of hydrogen-bond donors (Lipinski definition) is 1. The zero-order valence-electron chi connectivity index (χ0n) is 10.8. The molecular formula is C15H14BrN3O. The van der Waals surface area contributed by atoms with E-state index in [0.717, 1.165) is 15.9 Å². The highest BCUT2D eigenvalue weighted by Crippen LogP contribution is 2.38. The fraction of sp³-hybridized carbons (Fsp3) is 0.267. The number of rotatable bonds is 4. The van der Waals surface area contributed by atoms with Crippen LogP contribution in [0.15, 0.2) is 41.1 Å². The van der Waals surface area contributed by atoms with Crippen molar-refractivity contribution in [2.24, 2.45) is 0 Å². The molecule has 1 fully saturated rings. The fourth-order valence-electron chi connectivity index (χ4n) is 1.99. The number of nitrogens with one attached hydrogen (secondary N) is 1. The molecule has 3 rings (SSSR count). The molecule has 102 valence electrons. The Morgan fingerprint density at radius 1 is 1.25 bits per heavy atom. The number of benzene rings is 1. The minimum Gasteiger partial charge on any atom is -0.346 e. The lowest BCUT2D eigenvalue weighted by Gasteiger charge is -2.06. The zero-order valence-corrected chi connectivity index (χ0v) is 12.4. The van der Waals surface area contributed by atoms with Gasteiger partial charge in [0.25, 0.3) is 5.91 Å². The maximum Gasteiger partial charge on any atom is 0.251 e. The quantitative estimate of drug-likeness (QED) is 0.936. The van der Waals surface area contributed by atoms with Gasteiger partial charge in [0.15, 0.2) is 0 Å². The first-order valence-electron chi connectivity index (χ1n) is 6.57. The van der Waals surface area contributed by atoms with Gasteiger partial charge in [0.05, 0.1) is 12.2 Å². The van der Waals surface area contributed by atoms with E-state index in [1.807, 2.05) is 18.2 Å². The highest BCUT2D eigenvalue weighted by Gasteiger charge is 2.25. The Morgan fingerprint density at radius 3 is 2.70 bits per heavy atom. The summed E-state index contributed by atoms with van der Waals surface area (Å²) in [6.07, 6.45) is 4.00. The molecule has 0 unspecified atom stereocenters. The molecule has 0 radical (unpaired) electrons. The molecule has 5 heteroatoms. The van der Waals surface area contributed by atoms with E-state index in [4.69, 9.17) is 0 Å². The summed E-state index contributed by atoms with van der Waals surface area (Å²) >= 11 is 3.35. The summed E-state index contributed by atoms with van der Waals surface area (Å²) in [4.78, 5) is 20.5. The van der Waals surface area contributed by atoms with Crippen LogP contribution in [0.5, 0.6) is 0 Å². The highest BCUT2D eigenvalue weighted by atomic mass is 79.9. The second-order valence-electron chi connectivity index (χ2n) is 4.90. The first-order chi connectivity index (χ1) is 9.72.